The largest absolute Gasteiger partial charge is 0.444 e. The standard InChI is InChI=1S/C33H55N3O4S/c1-8-9-10-11-15-22-36(31(38)27(21-23-41-7)35-32(39)40-33(4,5)6)29(28-24(2)17-16-18-25(28)3)30(37)34-26-19-13-12-14-20-26/h16-18,26-27,29H,8-15,19-23H2,1-7H3,(H,34,37)(H,35,39). The van der Waals surface area contributed by atoms with Gasteiger partial charge in [-0.15, -0.1) is 0 Å². The van der Waals surface area contributed by atoms with Crippen LogP contribution in [0.1, 0.15) is 121 Å². The van der Waals surface area contributed by atoms with E-state index in [2.05, 4.69) is 17.6 Å². The number of alkyl carbamates (subject to hydrolysis) is 1. The molecule has 1 fully saturated rings. The molecule has 232 valence electrons. The van der Waals surface area contributed by atoms with Crippen molar-refractivity contribution >= 4 is 29.7 Å². The van der Waals surface area contributed by atoms with Gasteiger partial charge < -0.3 is 20.3 Å². The van der Waals surface area contributed by atoms with E-state index in [1.165, 1.54) is 6.42 Å². The first kappa shape index (κ1) is 35.0. The molecule has 0 spiro atoms. The molecule has 0 aliphatic heterocycles. The average molecular weight is 590 g/mol. The molecule has 8 heteroatoms. The Labute approximate surface area is 253 Å². The molecule has 0 aromatic heterocycles. The third kappa shape index (κ3) is 11.9. The molecular formula is C33H55N3O4S. The highest BCUT2D eigenvalue weighted by Crippen LogP contribution is 2.30. The summed E-state index contributed by atoms with van der Waals surface area (Å²) < 4.78 is 5.53. The van der Waals surface area contributed by atoms with Crippen LogP contribution in [0.25, 0.3) is 0 Å². The number of unbranched alkanes of at least 4 members (excludes halogenated alkanes) is 4. The number of aryl methyl sites for hydroxylation is 2. The molecule has 7 nitrogen and oxygen atoms in total. The van der Waals surface area contributed by atoms with E-state index in [1.807, 2.05) is 38.3 Å². The zero-order chi connectivity index (χ0) is 30.4. The maximum Gasteiger partial charge on any atom is 0.408 e. The third-order valence-electron chi connectivity index (χ3n) is 7.71. The molecule has 41 heavy (non-hydrogen) atoms. The van der Waals surface area contributed by atoms with Crippen LogP contribution in [0.15, 0.2) is 18.2 Å². The van der Waals surface area contributed by atoms with Gasteiger partial charge in [-0.3, -0.25) is 9.59 Å². The molecule has 1 aromatic rings. The second-order valence-corrected chi connectivity index (χ2v) is 13.5. The van der Waals surface area contributed by atoms with Crippen LogP contribution in [0.3, 0.4) is 0 Å². The highest BCUT2D eigenvalue weighted by Gasteiger charge is 2.38. The number of thioether (sulfide) groups is 1. The molecule has 2 unspecified atom stereocenters. The van der Waals surface area contributed by atoms with Gasteiger partial charge in [0.15, 0.2) is 0 Å². The summed E-state index contributed by atoms with van der Waals surface area (Å²) in [5, 5.41) is 6.18. The molecule has 2 N–H and O–H groups in total. The molecule has 1 saturated carbocycles. The van der Waals surface area contributed by atoms with Gasteiger partial charge in [0.2, 0.25) is 11.8 Å². The maximum absolute atomic E-state index is 14.5. The van der Waals surface area contributed by atoms with E-state index in [0.29, 0.717) is 18.7 Å². The summed E-state index contributed by atoms with van der Waals surface area (Å²) in [5.41, 5.74) is 2.16. The summed E-state index contributed by atoms with van der Waals surface area (Å²) in [6.45, 7) is 12.1. The van der Waals surface area contributed by atoms with Crippen LogP contribution in [0.2, 0.25) is 0 Å². The van der Waals surface area contributed by atoms with Crippen LogP contribution >= 0.6 is 11.8 Å². The monoisotopic (exact) mass is 589 g/mol. The zero-order valence-corrected chi connectivity index (χ0v) is 27.5. The van der Waals surface area contributed by atoms with Crippen LogP contribution in [0.5, 0.6) is 0 Å². The normalized spacial score (nSPS) is 15.6. The van der Waals surface area contributed by atoms with Crippen LogP contribution in [0, 0.1) is 13.8 Å². The van der Waals surface area contributed by atoms with Crippen molar-refractivity contribution < 1.29 is 19.1 Å². The number of hydrogen-bond acceptors (Lipinski definition) is 5. The number of benzene rings is 1. The van der Waals surface area contributed by atoms with Gasteiger partial charge in [0.1, 0.15) is 17.7 Å². The predicted molar refractivity (Wildman–Crippen MR) is 170 cm³/mol. The van der Waals surface area contributed by atoms with E-state index in [9.17, 15) is 14.4 Å². The number of nitrogens with one attached hydrogen (secondary N) is 2. The van der Waals surface area contributed by atoms with E-state index in [-0.39, 0.29) is 17.9 Å². The van der Waals surface area contributed by atoms with Crippen molar-refractivity contribution in [1.82, 2.24) is 15.5 Å². The van der Waals surface area contributed by atoms with E-state index >= 15 is 0 Å². The minimum absolute atomic E-state index is 0.122. The Morgan fingerprint density at radius 1 is 1.02 bits per heavy atom. The average Bonchev–Trinajstić information content (AvgIpc) is 2.90. The molecular weight excluding hydrogens is 534 g/mol. The molecule has 0 saturated heterocycles. The number of ether oxygens (including phenoxy) is 1. The van der Waals surface area contributed by atoms with E-state index < -0.39 is 23.8 Å². The summed E-state index contributed by atoms with van der Waals surface area (Å²) in [6, 6.07) is 4.58. The summed E-state index contributed by atoms with van der Waals surface area (Å²) >= 11 is 1.62. The topological polar surface area (TPSA) is 87.7 Å². The third-order valence-corrected chi connectivity index (χ3v) is 8.36. The Balaban J connectivity index is 2.51. The number of amides is 3. The first-order valence-electron chi connectivity index (χ1n) is 15.6. The molecule has 2 rings (SSSR count). The molecule has 1 aliphatic carbocycles. The molecule has 2 atom stereocenters. The van der Waals surface area contributed by atoms with Crippen LogP contribution in [0.4, 0.5) is 4.79 Å². The van der Waals surface area contributed by atoms with Gasteiger partial charge in [-0.25, -0.2) is 4.79 Å². The molecule has 1 aromatic carbocycles. The molecule has 1 aliphatic rings. The summed E-state index contributed by atoms with van der Waals surface area (Å²) in [6.07, 6.45) is 12.3. The second-order valence-electron chi connectivity index (χ2n) is 12.5. The lowest BCUT2D eigenvalue weighted by molar-refractivity contribution is -0.143. The first-order valence-corrected chi connectivity index (χ1v) is 17.0. The van der Waals surface area contributed by atoms with Gasteiger partial charge in [-0.1, -0.05) is 70.1 Å². The lowest BCUT2D eigenvalue weighted by Crippen LogP contribution is -2.54. The quantitative estimate of drug-likeness (QED) is 0.211. The lowest BCUT2D eigenvalue weighted by Gasteiger charge is -2.37. The second kappa shape index (κ2) is 17.7. The van der Waals surface area contributed by atoms with Gasteiger partial charge in [-0.05, 0) is 89.0 Å². The van der Waals surface area contributed by atoms with Crippen molar-refractivity contribution in [3.05, 3.63) is 34.9 Å². The van der Waals surface area contributed by atoms with Crippen molar-refractivity contribution in [2.24, 2.45) is 0 Å². The van der Waals surface area contributed by atoms with Crippen LogP contribution in [-0.4, -0.2) is 59.0 Å². The Hall–Kier alpha value is -2.22. The van der Waals surface area contributed by atoms with E-state index in [0.717, 1.165) is 74.5 Å². The highest BCUT2D eigenvalue weighted by atomic mass is 32.2. The van der Waals surface area contributed by atoms with Crippen molar-refractivity contribution in [3.63, 3.8) is 0 Å². The number of nitrogens with zero attached hydrogens (tertiary/aromatic N) is 1. The van der Waals surface area contributed by atoms with Gasteiger partial charge in [0.05, 0.1) is 0 Å². The Bertz CT molecular complexity index is 951. The predicted octanol–water partition coefficient (Wildman–Crippen LogP) is 7.24. The first-order chi connectivity index (χ1) is 19.5. The number of hydrogen-bond donors (Lipinski definition) is 2. The Morgan fingerprint density at radius 3 is 2.24 bits per heavy atom. The van der Waals surface area contributed by atoms with Gasteiger partial charge in [0, 0.05) is 12.6 Å². The molecule has 0 radical (unpaired) electrons. The Morgan fingerprint density at radius 2 is 1.66 bits per heavy atom. The fraction of sp³-hybridized carbons (Fsp3) is 0.727. The van der Waals surface area contributed by atoms with Gasteiger partial charge in [-0.2, -0.15) is 11.8 Å². The molecule has 0 heterocycles. The maximum atomic E-state index is 14.5. The summed E-state index contributed by atoms with van der Waals surface area (Å²) in [4.78, 5) is 43.3. The minimum atomic E-state index is -0.790. The van der Waals surface area contributed by atoms with Gasteiger partial charge >= 0.3 is 6.09 Å². The molecule has 0 bridgehead atoms. The highest BCUT2D eigenvalue weighted by molar-refractivity contribution is 7.98. The van der Waals surface area contributed by atoms with E-state index in [4.69, 9.17) is 4.74 Å². The van der Waals surface area contributed by atoms with Crippen molar-refractivity contribution in [2.45, 2.75) is 136 Å². The number of carbonyl (C=O) groups is 3. The minimum Gasteiger partial charge on any atom is -0.444 e. The fourth-order valence-corrected chi connectivity index (χ4v) is 6.08. The SMILES string of the molecule is CCCCCCCN(C(=O)C(CCSC)NC(=O)OC(C)(C)C)C(C(=O)NC1CCCCC1)c1c(C)cccc1C. The summed E-state index contributed by atoms with van der Waals surface area (Å²) in [5.74, 6) is 0.336. The molecule has 3 amide bonds. The summed E-state index contributed by atoms with van der Waals surface area (Å²) in [7, 11) is 0. The smallest absolute Gasteiger partial charge is 0.408 e. The van der Waals surface area contributed by atoms with E-state index in [1.54, 1.807) is 37.4 Å². The zero-order valence-electron chi connectivity index (χ0n) is 26.6. The number of rotatable bonds is 15. The number of carbonyl (C=O) groups excluding carboxylic acids is 3. The van der Waals surface area contributed by atoms with Gasteiger partial charge in [0.25, 0.3) is 0 Å². The Kier molecular flexibility index (Phi) is 15.1. The van der Waals surface area contributed by atoms with Crippen molar-refractivity contribution in [1.29, 1.82) is 0 Å². The van der Waals surface area contributed by atoms with Crippen molar-refractivity contribution in [2.75, 3.05) is 18.6 Å². The fourth-order valence-electron chi connectivity index (χ4n) is 5.61. The van der Waals surface area contributed by atoms with Crippen molar-refractivity contribution in [3.8, 4) is 0 Å². The van der Waals surface area contributed by atoms with Crippen LogP contribution < -0.4 is 10.6 Å². The lowest BCUT2D eigenvalue weighted by atomic mass is 9.91. The van der Waals surface area contributed by atoms with Crippen LogP contribution in [-0.2, 0) is 14.3 Å².